The first-order chi connectivity index (χ1) is 7.83. The quantitative estimate of drug-likeness (QED) is 0.820. The standard InChI is InChI=1S/C12H14N2O2/c15-12(14-8-3-5-13-6-4-8)10-7-9-1-2-11(10)16-9/h3-6,9-11H,1-2,7H2,(H,13,14,15). The number of carbonyl (C=O) groups is 1. The van der Waals surface area contributed by atoms with E-state index in [-0.39, 0.29) is 17.9 Å². The molecule has 2 bridgehead atoms. The van der Waals surface area contributed by atoms with Gasteiger partial charge in [-0.3, -0.25) is 9.78 Å². The number of anilines is 1. The topological polar surface area (TPSA) is 51.2 Å². The Kier molecular flexibility index (Phi) is 2.36. The monoisotopic (exact) mass is 218 g/mol. The minimum absolute atomic E-state index is 0.0342. The van der Waals surface area contributed by atoms with Gasteiger partial charge in [0, 0.05) is 18.1 Å². The summed E-state index contributed by atoms with van der Waals surface area (Å²) in [5.41, 5.74) is 0.808. The van der Waals surface area contributed by atoms with Gasteiger partial charge in [0.2, 0.25) is 5.91 Å². The maximum Gasteiger partial charge on any atom is 0.230 e. The number of carbonyl (C=O) groups excluding carboxylic acids is 1. The molecule has 16 heavy (non-hydrogen) atoms. The molecule has 4 heteroatoms. The molecule has 0 aromatic carbocycles. The number of aromatic nitrogens is 1. The first-order valence-electron chi connectivity index (χ1n) is 5.69. The molecule has 84 valence electrons. The summed E-state index contributed by atoms with van der Waals surface area (Å²) < 4.78 is 5.67. The van der Waals surface area contributed by atoms with Crippen LogP contribution in [0.15, 0.2) is 24.5 Å². The number of rotatable bonds is 2. The molecule has 0 aliphatic carbocycles. The number of nitrogens with zero attached hydrogens (tertiary/aromatic N) is 1. The molecule has 2 saturated heterocycles. The Morgan fingerprint density at radius 1 is 1.38 bits per heavy atom. The summed E-state index contributed by atoms with van der Waals surface area (Å²) in [6, 6.07) is 3.60. The summed E-state index contributed by atoms with van der Waals surface area (Å²) in [5.74, 6) is 0.116. The van der Waals surface area contributed by atoms with E-state index in [4.69, 9.17) is 4.74 Å². The molecule has 1 amide bonds. The lowest BCUT2D eigenvalue weighted by atomic mass is 9.88. The van der Waals surface area contributed by atoms with Crippen LogP contribution in [0.25, 0.3) is 0 Å². The molecule has 3 unspecified atom stereocenters. The Balaban J connectivity index is 1.66. The second kappa shape index (κ2) is 3.87. The SMILES string of the molecule is O=C(Nc1ccncc1)C1CC2CCC1O2. The molecular formula is C12H14N2O2. The molecule has 0 spiro atoms. The molecule has 3 atom stereocenters. The van der Waals surface area contributed by atoms with Crippen LogP contribution in [0.4, 0.5) is 5.69 Å². The van der Waals surface area contributed by atoms with Gasteiger partial charge in [-0.2, -0.15) is 0 Å². The van der Waals surface area contributed by atoms with Gasteiger partial charge < -0.3 is 10.1 Å². The van der Waals surface area contributed by atoms with Crippen LogP contribution >= 0.6 is 0 Å². The number of amides is 1. The van der Waals surface area contributed by atoms with Gasteiger partial charge in [0.25, 0.3) is 0 Å². The van der Waals surface area contributed by atoms with E-state index in [0.717, 1.165) is 24.9 Å². The van der Waals surface area contributed by atoms with Crippen molar-refractivity contribution in [3.63, 3.8) is 0 Å². The Morgan fingerprint density at radius 2 is 2.19 bits per heavy atom. The van der Waals surface area contributed by atoms with Crippen molar-refractivity contribution in [3.05, 3.63) is 24.5 Å². The lowest BCUT2D eigenvalue weighted by molar-refractivity contribution is -0.121. The van der Waals surface area contributed by atoms with Gasteiger partial charge in [-0.1, -0.05) is 0 Å². The van der Waals surface area contributed by atoms with E-state index < -0.39 is 0 Å². The van der Waals surface area contributed by atoms with Crippen molar-refractivity contribution in [2.75, 3.05) is 5.32 Å². The van der Waals surface area contributed by atoms with E-state index >= 15 is 0 Å². The van der Waals surface area contributed by atoms with E-state index in [1.54, 1.807) is 24.5 Å². The maximum absolute atomic E-state index is 12.0. The second-order valence-corrected chi connectivity index (χ2v) is 4.44. The van der Waals surface area contributed by atoms with E-state index in [9.17, 15) is 4.79 Å². The van der Waals surface area contributed by atoms with Gasteiger partial charge in [0.1, 0.15) is 0 Å². The van der Waals surface area contributed by atoms with Crippen LogP contribution in [0.5, 0.6) is 0 Å². The molecule has 0 radical (unpaired) electrons. The highest BCUT2D eigenvalue weighted by Crippen LogP contribution is 2.39. The fourth-order valence-corrected chi connectivity index (χ4v) is 2.58. The van der Waals surface area contributed by atoms with Crippen molar-refractivity contribution in [1.82, 2.24) is 4.98 Å². The molecule has 1 aromatic heterocycles. The number of hydrogen-bond acceptors (Lipinski definition) is 3. The smallest absolute Gasteiger partial charge is 0.230 e. The van der Waals surface area contributed by atoms with Gasteiger partial charge in [-0.15, -0.1) is 0 Å². The third kappa shape index (κ3) is 1.69. The molecule has 3 rings (SSSR count). The molecule has 3 heterocycles. The molecule has 1 N–H and O–H groups in total. The van der Waals surface area contributed by atoms with E-state index in [2.05, 4.69) is 10.3 Å². The zero-order valence-corrected chi connectivity index (χ0v) is 8.93. The maximum atomic E-state index is 12.0. The summed E-state index contributed by atoms with van der Waals surface area (Å²) in [6.07, 6.45) is 6.83. The summed E-state index contributed by atoms with van der Waals surface area (Å²) in [5, 5.41) is 2.91. The number of ether oxygens (including phenoxy) is 1. The van der Waals surface area contributed by atoms with Gasteiger partial charge in [-0.05, 0) is 31.4 Å². The van der Waals surface area contributed by atoms with Crippen LogP contribution in [0, 0.1) is 5.92 Å². The van der Waals surface area contributed by atoms with Crippen LogP contribution < -0.4 is 5.32 Å². The third-order valence-corrected chi connectivity index (χ3v) is 3.39. The molecule has 2 fully saturated rings. The molecule has 2 aliphatic heterocycles. The second-order valence-electron chi connectivity index (χ2n) is 4.44. The average molecular weight is 218 g/mol. The largest absolute Gasteiger partial charge is 0.374 e. The average Bonchev–Trinajstić information content (AvgIpc) is 2.92. The number of nitrogens with one attached hydrogen (secondary N) is 1. The molecule has 2 aliphatic rings. The summed E-state index contributed by atoms with van der Waals surface area (Å²) >= 11 is 0. The van der Waals surface area contributed by atoms with Crippen molar-refractivity contribution in [3.8, 4) is 0 Å². The van der Waals surface area contributed by atoms with E-state index in [1.807, 2.05) is 0 Å². The van der Waals surface area contributed by atoms with Crippen LogP contribution in [-0.4, -0.2) is 23.1 Å². The highest BCUT2D eigenvalue weighted by molar-refractivity contribution is 5.93. The Hall–Kier alpha value is -1.42. The van der Waals surface area contributed by atoms with Crippen molar-refractivity contribution in [2.24, 2.45) is 5.92 Å². The molecule has 4 nitrogen and oxygen atoms in total. The first kappa shape index (κ1) is 9.78. The fourth-order valence-electron chi connectivity index (χ4n) is 2.58. The molecular weight excluding hydrogens is 204 g/mol. The minimum atomic E-state index is 0.0342. The zero-order valence-electron chi connectivity index (χ0n) is 8.93. The van der Waals surface area contributed by atoms with Crippen LogP contribution in [0.3, 0.4) is 0 Å². The highest BCUT2D eigenvalue weighted by atomic mass is 16.5. The predicted molar refractivity (Wildman–Crippen MR) is 58.9 cm³/mol. The fraction of sp³-hybridized carbons (Fsp3) is 0.500. The van der Waals surface area contributed by atoms with Crippen molar-refractivity contribution in [2.45, 2.75) is 31.5 Å². The predicted octanol–water partition coefficient (Wildman–Crippen LogP) is 1.59. The summed E-state index contributed by atoms with van der Waals surface area (Å²) in [7, 11) is 0. The van der Waals surface area contributed by atoms with Crippen LogP contribution in [0.1, 0.15) is 19.3 Å². The number of fused-ring (bicyclic) bond motifs is 2. The van der Waals surface area contributed by atoms with Crippen molar-refractivity contribution in [1.29, 1.82) is 0 Å². The Morgan fingerprint density at radius 3 is 2.81 bits per heavy atom. The normalized spacial score (nSPS) is 31.6. The number of pyridine rings is 1. The van der Waals surface area contributed by atoms with E-state index in [0.29, 0.717) is 6.10 Å². The lowest BCUT2D eigenvalue weighted by Gasteiger charge is -2.17. The first-order valence-corrected chi connectivity index (χ1v) is 5.69. The van der Waals surface area contributed by atoms with Crippen molar-refractivity contribution < 1.29 is 9.53 Å². The summed E-state index contributed by atoms with van der Waals surface area (Å²) in [6.45, 7) is 0. The van der Waals surface area contributed by atoms with Crippen molar-refractivity contribution >= 4 is 11.6 Å². The lowest BCUT2D eigenvalue weighted by Crippen LogP contribution is -2.30. The Bertz CT molecular complexity index is 393. The molecule has 1 aromatic rings. The molecule has 0 saturated carbocycles. The number of hydrogen-bond donors (Lipinski definition) is 1. The zero-order chi connectivity index (χ0) is 11.0. The van der Waals surface area contributed by atoms with Gasteiger partial charge in [-0.25, -0.2) is 0 Å². The van der Waals surface area contributed by atoms with Crippen LogP contribution in [0.2, 0.25) is 0 Å². The minimum Gasteiger partial charge on any atom is -0.374 e. The van der Waals surface area contributed by atoms with E-state index in [1.165, 1.54) is 0 Å². The van der Waals surface area contributed by atoms with Gasteiger partial charge in [0.05, 0.1) is 18.1 Å². The van der Waals surface area contributed by atoms with Crippen LogP contribution in [-0.2, 0) is 9.53 Å². The van der Waals surface area contributed by atoms with Gasteiger partial charge >= 0.3 is 0 Å². The Labute approximate surface area is 94.0 Å². The van der Waals surface area contributed by atoms with Gasteiger partial charge in [0.15, 0.2) is 0 Å². The highest BCUT2D eigenvalue weighted by Gasteiger charge is 2.44. The summed E-state index contributed by atoms with van der Waals surface area (Å²) in [4.78, 5) is 15.9. The third-order valence-electron chi connectivity index (χ3n) is 3.39.